The lowest BCUT2D eigenvalue weighted by Crippen LogP contribution is -2.46. The summed E-state index contributed by atoms with van der Waals surface area (Å²) in [5, 5.41) is 3.34. The molecule has 1 atom stereocenters. The van der Waals surface area contributed by atoms with Gasteiger partial charge in [0.15, 0.2) is 0 Å². The molecule has 130 valence electrons. The summed E-state index contributed by atoms with van der Waals surface area (Å²) in [5.74, 6) is 0.755. The van der Waals surface area contributed by atoms with E-state index in [9.17, 15) is 8.42 Å². The Hall–Kier alpha value is 0.120. The molecule has 5 nitrogen and oxygen atoms in total. The summed E-state index contributed by atoms with van der Waals surface area (Å²) in [6.07, 6.45) is 6.31. The van der Waals surface area contributed by atoms with Crippen LogP contribution in [0.2, 0.25) is 0 Å². The zero-order valence-corrected chi connectivity index (χ0v) is 15.0. The quantitative estimate of drug-likeness (QED) is 0.829. The smallest absolute Gasteiger partial charge is 0.217 e. The number of nitrogens with one attached hydrogen (secondary N) is 1. The van der Waals surface area contributed by atoms with Crippen molar-refractivity contribution in [3.05, 3.63) is 0 Å². The standard InChI is InChI=1S/C15H29N3O2S.ClH/c19-21(20,18-8-1-2-9-18)15-5-10-17(11-6-15)13-14-4-3-7-16-12-14;/h14-16H,1-13H2;1H. The summed E-state index contributed by atoms with van der Waals surface area (Å²) >= 11 is 0. The Kier molecular flexibility index (Phi) is 6.95. The molecular formula is C15H30ClN3O2S. The molecule has 3 rings (SSSR count). The molecule has 0 aromatic carbocycles. The molecule has 1 N–H and O–H groups in total. The summed E-state index contributed by atoms with van der Waals surface area (Å²) in [6, 6.07) is 0. The Balaban J connectivity index is 0.00000176. The van der Waals surface area contributed by atoms with Crippen LogP contribution in [0.15, 0.2) is 0 Å². The fourth-order valence-electron chi connectivity index (χ4n) is 3.99. The van der Waals surface area contributed by atoms with Gasteiger partial charge in [-0.3, -0.25) is 0 Å². The van der Waals surface area contributed by atoms with Crippen LogP contribution in [0.4, 0.5) is 0 Å². The minimum Gasteiger partial charge on any atom is -0.316 e. The molecule has 0 saturated carbocycles. The van der Waals surface area contributed by atoms with Crippen LogP contribution in [0, 0.1) is 5.92 Å². The van der Waals surface area contributed by atoms with E-state index in [4.69, 9.17) is 0 Å². The zero-order chi connectivity index (χ0) is 14.7. The van der Waals surface area contributed by atoms with E-state index in [-0.39, 0.29) is 17.7 Å². The van der Waals surface area contributed by atoms with Crippen molar-refractivity contribution in [2.45, 2.75) is 43.8 Å². The fraction of sp³-hybridized carbons (Fsp3) is 1.00. The topological polar surface area (TPSA) is 52.7 Å². The molecule has 3 fully saturated rings. The maximum absolute atomic E-state index is 12.6. The molecule has 0 aliphatic carbocycles. The molecule has 1 unspecified atom stereocenters. The van der Waals surface area contributed by atoms with Crippen molar-refractivity contribution in [3.8, 4) is 0 Å². The number of halogens is 1. The summed E-state index contributed by atoms with van der Waals surface area (Å²) in [7, 11) is -3.02. The molecular weight excluding hydrogens is 322 g/mol. The van der Waals surface area contributed by atoms with E-state index in [2.05, 4.69) is 10.2 Å². The number of nitrogens with zero attached hydrogens (tertiary/aromatic N) is 2. The lowest BCUT2D eigenvalue weighted by atomic mass is 9.98. The molecule has 0 radical (unpaired) electrons. The van der Waals surface area contributed by atoms with E-state index in [1.54, 1.807) is 4.31 Å². The van der Waals surface area contributed by atoms with Gasteiger partial charge in [-0.1, -0.05) is 0 Å². The van der Waals surface area contributed by atoms with Gasteiger partial charge < -0.3 is 10.2 Å². The van der Waals surface area contributed by atoms with Crippen LogP contribution in [-0.2, 0) is 10.0 Å². The van der Waals surface area contributed by atoms with Crippen molar-refractivity contribution < 1.29 is 8.42 Å². The predicted octanol–water partition coefficient (Wildman–Crippen LogP) is 1.30. The van der Waals surface area contributed by atoms with Crippen LogP contribution in [0.25, 0.3) is 0 Å². The average Bonchev–Trinajstić information content (AvgIpc) is 3.04. The third kappa shape index (κ3) is 4.35. The van der Waals surface area contributed by atoms with Gasteiger partial charge >= 0.3 is 0 Å². The first-order valence-electron chi connectivity index (χ1n) is 8.58. The number of piperidine rings is 2. The monoisotopic (exact) mass is 351 g/mol. The van der Waals surface area contributed by atoms with Crippen molar-refractivity contribution in [1.82, 2.24) is 14.5 Å². The van der Waals surface area contributed by atoms with Crippen LogP contribution in [0.3, 0.4) is 0 Å². The van der Waals surface area contributed by atoms with Crippen LogP contribution in [-0.4, -0.2) is 68.7 Å². The lowest BCUT2D eigenvalue weighted by molar-refractivity contribution is 0.179. The van der Waals surface area contributed by atoms with Gasteiger partial charge in [0, 0.05) is 19.6 Å². The van der Waals surface area contributed by atoms with Crippen molar-refractivity contribution >= 4 is 22.4 Å². The van der Waals surface area contributed by atoms with Gasteiger partial charge in [0.1, 0.15) is 0 Å². The molecule has 3 saturated heterocycles. The van der Waals surface area contributed by atoms with E-state index in [1.165, 1.54) is 12.8 Å². The third-order valence-electron chi connectivity index (χ3n) is 5.30. The van der Waals surface area contributed by atoms with E-state index < -0.39 is 10.0 Å². The number of rotatable bonds is 4. The third-order valence-corrected chi connectivity index (χ3v) is 7.69. The van der Waals surface area contributed by atoms with Gasteiger partial charge in [-0.2, -0.15) is 0 Å². The number of hydrogen-bond acceptors (Lipinski definition) is 4. The summed E-state index contributed by atoms with van der Waals surface area (Å²) in [4.78, 5) is 2.48. The van der Waals surface area contributed by atoms with Crippen LogP contribution in [0.5, 0.6) is 0 Å². The van der Waals surface area contributed by atoms with Gasteiger partial charge in [-0.25, -0.2) is 12.7 Å². The lowest BCUT2D eigenvalue weighted by Gasteiger charge is -2.36. The van der Waals surface area contributed by atoms with Gasteiger partial charge in [0.2, 0.25) is 10.0 Å². The Morgan fingerprint density at radius 1 is 0.955 bits per heavy atom. The SMILES string of the molecule is Cl.O=S(=O)(C1CCN(CC2CCCNC2)CC1)N1CCCC1. The summed E-state index contributed by atoms with van der Waals surface area (Å²) in [5.41, 5.74) is 0. The Morgan fingerprint density at radius 2 is 1.64 bits per heavy atom. The Morgan fingerprint density at radius 3 is 2.23 bits per heavy atom. The van der Waals surface area contributed by atoms with Crippen molar-refractivity contribution in [2.24, 2.45) is 5.92 Å². The highest BCUT2D eigenvalue weighted by Gasteiger charge is 2.36. The molecule has 0 spiro atoms. The first-order valence-corrected chi connectivity index (χ1v) is 10.1. The average molecular weight is 352 g/mol. The Labute approximate surface area is 141 Å². The predicted molar refractivity (Wildman–Crippen MR) is 92.0 cm³/mol. The molecule has 22 heavy (non-hydrogen) atoms. The highest BCUT2D eigenvalue weighted by Crippen LogP contribution is 2.25. The molecule has 0 aromatic heterocycles. The summed E-state index contributed by atoms with van der Waals surface area (Å²) in [6.45, 7) is 6.83. The highest BCUT2D eigenvalue weighted by molar-refractivity contribution is 7.89. The van der Waals surface area contributed by atoms with Crippen molar-refractivity contribution in [1.29, 1.82) is 0 Å². The maximum Gasteiger partial charge on any atom is 0.217 e. The van der Waals surface area contributed by atoms with E-state index in [0.717, 1.165) is 77.4 Å². The minimum absolute atomic E-state index is 0. The van der Waals surface area contributed by atoms with Crippen LogP contribution >= 0.6 is 12.4 Å². The van der Waals surface area contributed by atoms with Crippen LogP contribution in [0.1, 0.15) is 38.5 Å². The second kappa shape index (κ2) is 8.29. The van der Waals surface area contributed by atoms with Gasteiger partial charge in [-0.15, -0.1) is 12.4 Å². The number of hydrogen-bond donors (Lipinski definition) is 1. The normalized spacial score (nSPS) is 29.4. The highest BCUT2D eigenvalue weighted by atomic mass is 35.5. The van der Waals surface area contributed by atoms with Gasteiger partial charge in [-0.05, 0) is 70.6 Å². The zero-order valence-electron chi connectivity index (χ0n) is 13.4. The molecule has 0 bridgehead atoms. The molecule has 0 amide bonds. The molecule has 7 heteroatoms. The first-order chi connectivity index (χ1) is 10.2. The number of likely N-dealkylation sites (tertiary alicyclic amines) is 1. The Bertz CT molecular complexity index is 426. The molecule has 3 heterocycles. The fourth-order valence-corrected chi connectivity index (χ4v) is 5.98. The van der Waals surface area contributed by atoms with Gasteiger partial charge in [0.05, 0.1) is 5.25 Å². The van der Waals surface area contributed by atoms with E-state index in [1.807, 2.05) is 0 Å². The maximum atomic E-state index is 12.6. The molecule has 0 aromatic rings. The summed E-state index contributed by atoms with van der Waals surface area (Å²) < 4.78 is 26.9. The molecule has 3 aliphatic rings. The molecule has 3 aliphatic heterocycles. The van der Waals surface area contributed by atoms with Crippen molar-refractivity contribution in [2.75, 3.05) is 45.8 Å². The van der Waals surface area contributed by atoms with Crippen LogP contribution < -0.4 is 5.32 Å². The number of sulfonamides is 1. The van der Waals surface area contributed by atoms with Gasteiger partial charge in [0.25, 0.3) is 0 Å². The van der Waals surface area contributed by atoms with Crippen molar-refractivity contribution in [3.63, 3.8) is 0 Å². The largest absolute Gasteiger partial charge is 0.316 e. The van der Waals surface area contributed by atoms with E-state index in [0.29, 0.717) is 0 Å². The second-order valence-corrected chi connectivity index (χ2v) is 9.08. The van der Waals surface area contributed by atoms with E-state index >= 15 is 0 Å². The first kappa shape index (κ1) is 18.5. The minimum atomic E-state index is -3.02. The second-order valence-electron chi connectivity index (χ2n) is 6.86.